The van der Waals surface area contributed by atoms with Crippen LogP contribution in [0.2, 0.25) is 5.02 Å². The van der Waals surface area contributed by atoms with Gasteiger partial charge in [0, 0.05) is 16.0 Å². The van der Waals surface area contributed by atoms with E-state index >= 15 is 0 Å². The smallest absolute Gasteiger partial charge is 0.250 e. The topological polar surface area (TPSA) is 76.4 Å². The maximum atomic E-state index is 11.2. The number of sulfonamides is 1. The zero-order chi connectivity index (χ0) is 14.3. The van der Waals surface area contributed by atoms with Crippen LogP contribution in [0.25, 0.3) is 16.2 Å². The summed E-state index contributed by atoms with van der Waals surface area (Å²) < 4.78 is 26.2. The zero-order valence-electron chi connectivity index (χ0n) is 10.2. The molecule has 2 heterocycles. The molecule has 0 bridgehead atoms. The van der Waals surface area contributed by atoms with Crippen molar-refractivity contribution in [2.24, 2.45) is 0 Å². The summed E-state index contributed by atoms with van der Waals surface area (Å²) in [6.45, 7) is 0. The van der Waals surface area contributed by atoms with Crippen molar-refractivity contribution in [3.8, 4) is 11.3 Å². The van der Waals surface area contributed by atoms with Crippen LogP contribution in [0.1, 0.15) is 0 Å². The summed E-state index contributed by atoms with van der Waals surface area (Å²) in [5, 5.41) is 6.71. The summed E-state index contributed by atoms with van der Waals surface area (Å²) in [5.41, 5.74) is 1.76. The third-order valence-corrected chi connectivity index (χ3v) is 4.12. The van der Waals surface area contributed by atoms with Crippen LogP contribution in [0, 0.1) is 0 Å². The fourth-order valence-corrected chi connectivity index (χ4v) is 3.08. The van der Waals surface area contributed by atoms with Crippen molar-refractivity contribution in [2.45, 2.75) is 0 Å². The Kier molecular flexibility index (Phi) is 3.15. The van der Waals surface area contributed by atoms with Crippen LogP contribution in [0.3, 0.4) is 0 Å². The second kappa shape index (κ2) is 4.72. The molecule has 0 spiro atoms. The lowest BCUT2D eigenvalue weighted by molar-refractivity contribution is 0.606. The Morgan fingerprint density at radius 2 is 2.00 bits per heavy atom. The Morgan fingerprint density at radius 1 is 1.30 bits per heavy atom. The van der Waals surface area contributed by atoms with E-state index in [1.165, 1.54) is 11.3 Å². The van der Waals surface area contributed by atoms with Gasteiger partial charge in [-0.15, -0.1) is 16.4 Å². The van der Waals surface area contributed by atoms with Crippen molar-refractivity contribution in [1.29, 1.82) is 0 Å². The molecule has 6 nitrogen and oxygen atoms in total. The van der Waals surface area contributed by atoms with E-state index in [1.807, 2.05) is 17.5 Å². The third kappa shape index (κ3) is 2.62. The second-order valence-electron chi connectivity index (χ2n) is 4.13. The molecule has 0 atom stereocenters. The molecule has 0 radical (unpaired) electrons. The molecular weight excluding hydrogens is 320 g/mol. The van der Waals surface area contributed by atoms with E-state index < -0.39 is 10.0 Å². The number of aromatic nitrogens is 3. The fourth-order valence-electron chi connectivity index (χ4n) is 1.71. The van der Waals surface area contributed by atoms with Gasteiger partial charge in [0.2, 0.25) is 15.0 Å². The fraction of sp³-hybridized carbons (Fsp3) is 0.0909. The first-order valence-electron chi connectivity index (χ1n) is 5.50. The molecule has 1 aromatic carbocycles. The SMILES string of the molecule is CS(=O)(=O)Nc1nc2scc(-c3ccc(Cl)cc3)n2n1. The number of hydrogen-bond donors (Lipinski definition) is 1. The maximum absolute atomic E-state index is 11.2. The Morgan fingerprint density at radius 3 is 2.65 bits per heavy atom. The van der Waals surface area contributed by atoms with Crippen LogP contribution in [0.4, 0.5) is 5.95 Å². The van der Waals surface area contributed by atoms with Gasteiger partial charge in [-0.2, -0.15) is 4.98 Å². The Bertz CT molecular complexity index is 868. The number of nitrogens with one attached hydrogen (secondary N) is 1. The van der Waals surface area contributed by atoms with Gasteiger partial charge < -0.3 is 0 Å². The first-order valence-corrected chi connectivity index (χ1v) is 8.65. The minimum Gasteiger partial charge on any atom is -0.250 e. The molecule has 9 heteroatoms. The second-order valence-corrected chi connectivity index (χ2v) is 7.15. The van der Waals surface area contributed by atoms with Gasteiger partial charge in [0.25, 0.3) is 5.95 Å². The molecule has 0 saturated heterocycles. The lowest BCUT2D eigenvalue weighted by Crippen LogP contribution is -2.10. The van der Waals surface area contributed by atoms with E-state index in [0.29, 0.717) is 9.98 Å². The van der Waals surface area contributed by atoms with E-state index in [2.05, 4.69) is 14.8 Å². The largest absolute Gasteiger partial charge is 0.257 e. The predicted molar refractivity (Wildman–Crippen MR) is 79.8 cm³/mol. The molecule has 0 aliphatic carbocycles. The van der Waals surface area contributed by atoms with Crippen molar-refractivity contribution in [3.05, 3.63) is 34.7 Å². The van der Waals surface area contributed by atoms with Crippen LogP contribution < -0.4 is 4.72 Å². The van der Waals surface area contributed by atoms with Gasteiger partial charge in [-0.05, 0) is 12.1 Å². The quantitative estimate of drug-likeness (QED) is 0.801. The van der Waals surface area contributed by atoms with Gasteiger partial charge in [0.1, 0.15) is 0 Å². The van der Waals surface area contributed by atoms with E-state index in [9.17, 15) is 8.42 Å². The van der Waals surface area contributed by atoms with E-state index in [1.54, 1.807) is 16.6 Å². The number of anilines is 1. The van der Waals surface area contributed by atoms with Gasteiger partial charge in [0.05, 0.1) is 11.9 Å². The molecule has 3 rings (SSSR count). The van der Waals surface area contributed by atoms with Gasteiger partial charge >= 0.3 is 0 Å². The summed E-state index contributed by atoms with van der Waals surface area (Å²) in [6.07, 6.45) is 1.06. The van der Waals surface area contributed by atoms with Crippen molar-refractivity contribution in [3.63, 3.8) is 0 Å². The van der Waals surface area contributed by atoms with Gasteiger partial charge in [-0.3, -0.25) is 4.72 Å². The highest BCUT2D eigenvalue weighted by molar-refractivity contribution is 7.91. The molecule has 2 aromatic heterocycles. The first-order chi connectivity index (χ1) is 9.42. The van der Waals surface area contributed by atoms with Crippen LogP contribution in [0.5, 0.6) is 0 Å². The highest BCUT2D eigenvalue weighted by atomic mass is 35.5. The monoisotopic (exact) mass is 328 g/mol. The number of hydrogen-bond acceptors (Lipinski definition) is 5. The van der Waals surface area contributed by atoms with Crippen LogP contribution in [0.15, 0.2) is 29.6 Å². The molecule has 1 N–H and O–H groups in total. The van der Waals surface area contributed by atoms with Gasteiger partial charge in [0.15, 0.2) is 0 Å². The number of halogens is 1. The van der Waals surface area contributed by atoms with Crippen molar-refractivity contribution in [2.75, 3.05) is 11.0 Å². The zero-order valence-corrected chi connectivity index (χ0v) is 12.6. The summed E-state index contributed by atoms with van der Waals surface area (Å²) in [4.78, 5) is 4.73. The first kappa shape index (κ1) is 13.3. The van der Waals surface area contributed by atoms with Gasteiger partial charge in [-0.1, -0.05) is 23.7 Å². The maximum Gasteiger partial charge on any atom is 0.257 e. The molecular formula is C11H9ClN4O2S2. The van der Waals surface area contributed by atoms with Crippen molar-refractivity contribution in [1.82, 2.24) is 14.6 Å². The number of thiazole rings is 1. The van der Waals surface area contributed by atoms with Gasteiger partial charge in [-0.25, -0.2) is 12.9 Å². The van der Waals surface area contributed by atoms with E-state index in [4.69, 9.17) is 11.6 Å². The summed E-state index contributed by atoms with van der Waals surface area (Å²) in [7, 11) is -3.39. The average molecular weight is 329 g/mol. The van der Waals surface area contributed by atoms with Crippen LogP contribution >= 0.6 is 22.9 Å². The predicted octanol–water partition coefficient (Wildman–Crippen LogP) is 2.48. The van der Waals surface area contributed by atoms with E-state index in [-0.39, 0.29) is 5.95 Å². The highest BCUT2D eigenvalue weighted by Crippen LogP contribution is 2.26. The average Bonchev–Trinajstić information content (AvgIpc) is 2.87. The molecule has 0 fully saturated rings. The summed E-state index contributed by atoms with van der Waals surface area (Å²) in [6, 6.07) is 7.31. The third-order valence-electron chi connectivity index (χ3n) is 2.50. The van der Waals surface area contributed by atoms with E-state index in [0.717, 1.165) is 17.5 Å². The number of fused-ring (bicyclic) bond motifs is 1. The molecule has 0 saturated carbocycles. The summed E-state index contributed by atoms with van der Waals surface area (Å²) >= 11 is 7.24. The molecule has 0 unspecified atom stereocenters. The normalized spacial score (nSPS) is 11.9. The Labute approximate surface area is 124 Å². The molecule has 0 amide bonds. The van der Waals surface area contributed by atoms with Crippen molar-refractivity contribution >= 4 is 43.9 Å². The molecule has 20 heavy (non-hydrogen) atoms. The minimum atomic E-state index is -3.39. The number of benzene rings is 1. The molecule has 3 aromatic rings. The van der Waals surface area contributed by atoms with Crippen molar-refractivity contribution < 1.29 is 8.42 Å². The molecule has 0 aliphatic rings. The lowest BCUT2D eigenvalue weighted by atomic mass is 10.2. The lowest BCUT2D eigenvalue weighted by Gasteiger charge is -1.99. The van der Waals surface area contributed by atoms with Crippen LogP contribution in [-0.4, -0.2) is 29.3 Å². The Balaban J connectivity index is 2.06. The number of nitrogens with zero attached hydrogens (tertiary/aromatic N) is 3. The Hall–Kier alpha value is -1.64. The standard InChI is InChI=1S/C11H9ClN4O2S2/c1-20(17,18)15-10-13-11-16(14-10)9(6-19-11)7-2-4-8(12)5-3-7/h2-6H,1H3,(H,14,15). The van der Waals surface area contributed by atoms with Crippen LogP contribution in [-0.2, 0) is 10.0 Å². The molecule has 104 valence electrons. The minimum absolute atomic E-state index is 0.0644. The summed E-state index contributed by atoms with van der Waals surface area (Å²) in [5.74, 6) is 0.0644. The number of rotatable bonds is 3. The highest BCUT2D eigenvalue weighted by Gasteiger charge is 2.13. The molecule has 0 aliphatic heterocycles.